The lowest BCUT2D eigenvalue weighted by Crippen LogP contribution is -2.29. The molecule has 1 aromatic heterocycles. The molecule has 0 fully saturated rings. The summed E-state index contributed by atoms with van der Waals surface area (Å²) < 4.78 is 1.76. The molecule has 3 nitrogen and oxygen atoms in total. The monoisotopic (exact) mass is 236 g/mol. The van der Waals surface area contributed by atoms with E-state index >= 15 is 0 Å². The third kappa shape index (κ3) is 3.70. The highest BCUT2D eigenvalue weighted by Crippen LogP contribution is 2.11. The highest BCUT2D eigenvalue weighted by molar-refractivity contribution is 5.18. The highest BCUT2D eigenvalue weighted by atomic mass is 16.1. The molecule has 0 aliphatic carbocycles. The molecule has 0 aromatic carbocycles. The lowest BCUT2D eigenvalue weighted by Gasteiger charge is -2.13. The van der Waals surface area contributed by atoms with E-state index < -0.39 is 0 Å². The van der Waals surface area contributed by atoms with E-state index in [0.29, 0.717) is 18.4 Å². The zero-order valence-electron chi connectivity index (χ0n) is 11.6. The summed E-state index contributed by atoms with van der Waals surface area (Å²) in [4.78, 5) is 12.1. The largest absolute Gasteiger partial charge is 0.315 e. The van der Waals surface area contributed by atoms with Crippen molar-refractivity contribution in [2.24, 2.45) is 13.0 Å². The molecule has 0 unspecified atom stereocenters. The summed E-state index contributed by atoms with van der Waals surface area (Å²) >= 11 is 0. The van der Waals surface area contributed by atoms with Gasteiger partial charge in [-0.05, 0) is 24.4 Å². The van der Waals surface area contributed by atoms with Gasteiger partial charge >= 0.3 is 0 Å². The fraction of sp³-hybridized carbons (Fsp3) is 0.643. The first kappa shape index (κ1) is 14.0. The second-order valence-electron chi connectivity index (χ2n) is 5.33. The topological polar surface area (TPSA) is 34.0 Å². The van der Waals surface area contributed by atoms with E-state index in [2.05, 4.69) is 39.1 Å². The lowest BCUT2D eigenvalue weighted by molar-refractivity contribution is 0.548. The van der Waals surface area contributed by atoms with Gasteiger partial charge in [-0.1, -0.05) is 33.8 Å². The molecule has 1 N–H and O–H groups in total. The molecule has 1 aromatic rings. The van der Waals surface area contributed by atoms with Crippen molar-refractivity contribution >= 4 is 0 Å². The maximum atomic E-state index is 12.1. The van der Waals surface area contributed by atoms with Crippen molar-refractivity contribution in [2.75, 3.05) is 6.54 Å². The van der Waals surface area contributed by atoms with Crippen molar-refractivity contribution in [3.05, 3.63) is 33.7 Å². The summed E-state index contributed by atoms with van der Waals surface area (Å²) in [6, 6.07) is 4.00. The Hall–Kier alpha value is -1.09. The second kappa shape index (κ2) is 6.01. The average molecular weight is 236 g/mol. The molecule has 0 saturated heterocycles. The molecule has 0 bridgehead atoms. The Morgan fingerprint density at radius 2 is 1.88 bits per heavy atom. The fourth-order valence-corrected chi connectivity index (χ4v) is 1.91. The summed E-state index contributed by atoms with van der Waals surface area (Å²) in [7, 11) is 1.85. The predicted molar refractivity (Wildman–Crippen MR) is 72.3 cm³/mol. The zero-order valence-corrected chi connectivity index (χ0v) is 11.6. The maximum Gasteiger partial charge on any atom is 0.254 e. The molecule has 96 valence electrons. The fourth-order valence-electron chi connectivity index (χ4n) is 1.91. The molecule has 0 radical (unpaired) electrons. The van der Waals surface area contributed by atoms with Gasteiger partial charge in [0, 0.05) is 24.8 Å². The van der Waals surface area contributed by atoms with Crippen LogP contribution in [0.4, 0.5) is 0 Å². The van der Waals surface area contributed by atoms with E-state index in [1.54, 1.807) is 4.57 Å². The van der Waals surface area contributed by atoms with Gasteiger partial charge in [-0.25, -0.2) is 0 Å². The highest BCUT2D eigenvalue weighted by Gasteiger charge is 2.08. The van der Waals surface area contributed by atoms with Crippen molar-refractivity contribution in [3.63, 3.8) is 0 Å². The van der Waals surface area contributed by atoms with Crippen LogP contribution in [0.1, 0.15) is 44.9 Å². The molecule has 1 heterocycles. The van der Waals surface area contributed by atoms with Crippen LogP contribution >= 0.6 is 0 Å². The smallest absolute Gasteiger partial charge is 0.254 e. The number of hydrogen-bond donors (Lipinski definition) is 1. The first-order valence-electron chi connectivity index (χ1n) is 6.33. The number of pyridine rings is 1. The summed E-state index contributed by atoms with van der Waals surface area (Å²) in [5.41, 5.74) is 2.05. The molecule has 0 spiro atoms. The molecule has 0 aliphatic heterocycles. The molecule has 3 heteroatoms. The average Bonchev–Trinajstić information content (AvgIpc) is 2.23. The van der Waals surface area contributed by atoms with Crippen LogP contribution in [0.25, 0.3) is 0 Å². The summed E-state index contributed by atoms with van der Waals surface area (Å²) in [6.45, 7) is 10.1. The SMILES string of the molecule is CC(C)CNCc1ccc(C(C)C)n(C)c1=O. The first-order chi connectivity index (χ1) is 7.93. The van der Waals surface area contributed by atoms with Crippen molar-refractivity contribution in [1.29, 1.82) is 0 Å². The van der Waals surface area contributed by atoms with Gasteiger partial charge in [0.2, 0.25) is 0 Å². The lowest BCUT2D eigenvalue weighted by atomic mass is 10.1. The van der Waals surface area contributed by atoms with E-state index in [4.69, 9.17) is 0 Å². The van der Waals surface area contributed by atoms with Gasteiger partial charge in [0.15, 0.2) is 0 Å². The van der Waals surface area contributed by atoms with Gasteiger partial charge in [-0.15, -0.1) is 0 Å². The summed E-state index contributed by atoms with van der Waals surface area (Å²) in [6.07, 6.45) is 0. The third-order valence-electron chi connectivity index (χ3n) is 2.88. The minimum Gasteiger partial charge on any atom is -0.315 e. The van der Waals surface area contributed by atoms with Crippen molar-refractivity contribution < 1.29 is 0 Å². The van der Waals surface area contributed by atoms with E-state index in [9.17, 15) is 4.79 Å². The molecule has 17 heavy (non-hydrogen) atoms. The van der Waals surface area contributed by atoms with E-state index in [0.717, 1.165) is 17.8 Å². The molecule has 0 amide bonds. The maximum absolute atomic E-state index is 12.1. The summed E-state index contributed by atoms with van der Waals surface area (Å²) in [5.74, 6) is 0.985. The Kier molecular flexibility index (Phi) is 4.94. The normalized spacial score (nSPS) is 11.5. The van der Waals surface area contributed by atoms with Gasteiger partial charge in [-0.3, -0.25) is 4.79 Å². The minimum atomic E-state index is 0.118. The molecule has 0 atom stereocenters. The minimum absolute atomic E-state index is 0.118. The Bertz CT molecular complexity index is 419. The van der Waals surface area contributed by atoms with Crippen LogP contribution in [0.15, 0.2) is 16.9 Å². The number of hydrogen-bond acceptors (Lipinski definition) is 2. The third-order valence-corrected chi connectivity index (χ3v) is 2.88. The Morgan fingerprint density at radius 3 is 2.41 bits per heavy atom. The summed E-state index contributed by atoms with van der Waals surface area (Å²) in [5, 5.41) is 3.30. The van der Waals surface area contributed by atoms with E-state index in [-0.39, 0.29) is 5.56 Å². The van der Waals surface area contributed by atoms with Crippen LogP contribution in [-0.2, 0) is 13.6 Å². The number of nitrogens with one attached hydrogen (secondary N) is 1. The van der Waals surface area contributed by atoms with E-state index in [1.807, 2.05) is 13.1 Å². The van der Waals surface area contributed by atoms with Gasteiger partial charge < -0.3 is 9.88 Å². The first-order valence-corrected chi connectivity index (χ1v) is 6.33. The standard InChI is InChI=1S/C14H24N2O/c1-10(2)8-15-9-12-6-7-13(11(3)4)16(5)14(12)17/h6-7,10-11,15H,8-9H2,1-5H3. The molecule has 0 aliphatic rings. The van der Waals surface area contributed by atoms with Crippen LogP contribution in [0.5, 0.6) is 0 Å². The Morgan fingerprint density at radius 1 is 1.24 bits per heavy atom. The number of rotatable bonds is 5. The molecular weight excluding hydrogens is 212 g/mol. The van der Waals surface area contributed by atoms with Gasteiger partial charge in [0.05, 0.1) is 0 Å². The molecular formula is C14H24N2O. The quantitative estimate of drug-likeness (QED) is 0.851. The molecule has 0 saturated carbocycles. The van der Waals surface area contributed by atoms with Gasteiger partial charge in [-0.2, -0.15) is 0 Å². The Labute approximate surface area is 104 Å². The van der Waals surface area contributed by atoms with Crippen LogP contribution in [0.3, 0.4) is 0 Å². The zero-order chi connectivity index (χ0) is 13.0. The predicted octanol–water partition coefficient (Wildman–Crippen LogP) is 2.25. The van der Waals surface area contributed by atoms with Gasteiger partial charge in [0.25, 0.3) is 5.56 Å². The van der Waals surface area contributed by atoms with Crippen molar-refractivity contribution in [1.82, 2.24) is 9.88 Å². The number of aromatic nitrogens is 1. The second-order valence-corrected chi connectivity index (χ2v) is 5.33. The van der Waals surface area contributed by atoms with Crippen LogP contribution in [0, 0.1) is 5.92 Å². The Balaban J connectivity index is 2.82. The molecule has 1 rings (SSSR count). The number of nitrogens with zero attached hydrogens (tertiary/aromatic N) is 1. The van der Waals surface area contributed by atoms with E-state index in [1.165, 1.54) is 0 Å². The van der Waals surface area contributed by atoms with Crippen LogP contribution in [-0.4, -0.2) is 11.1 Å². The van der Waals surface area contributed by atoms with Gasteiger partial charge in [0.1, 0.15) is 0 Å². The van der Waals surface area contributed by atoms with Crippen LogP contribution < -0.4 is 10.9 Å². The van der Waals surface area contributed by atoms with Crippen LogP contribution in [0.2, 0.25) is 0 Å². The van der Waals surface area contributed by atoms with Crippen molar-refractivity contribution in [3.8, 4) is 0 Å². The van der Waals surface area contributed by atoms with Crippen molar-refractivity contribution in [2.45, 2.75) is 40.2 Å².